The molecule has 0 saturated carbocycles. The zero-order valence-electron chi connectivity index (χ0n) is 6.71. The van der Waals surface area contributed by atoms with E-state index in [-0.39, 0.29) is 6.10 Å². The Morgan fingerprint density at radius 3 is 3.00 bits per heavy atom. The molecule has 0 bridgehead atoms. The summed E-state index contributed by atoms with van der Waals surface area (Å²) in [5.41, 5.74) is 0. The van der Waals surface area contributed by atoms with Gasteiger partial charge in [-0.2, -0.15) is 0 Å². The summed E-state index contributed by atoms with van der Waals surface area (Å²) in [7, 11) is 0. The van der Waals surface area contributed by atoms with Crippen LogP contribution in [-0.2, 0) is 14.3 Å². The van der Waals surface area contributed by atoms with Gasteiger partial charge in [0.2, 0.25) is 6.29 Å². The van der Waals surface area contributed by atoms with Gasteiger partial charge in [-0.1, -0.05) is 19.8 Å². The maximum atomic E-state index is 10.1. The highest BCUT2D eigenvalue weighted by molar-refractivity contribution is 5.55. The molecule has 1 aliphatic heterocycles. The molecule has 1 fully saturated rings. The van der Waals surface area contributed by atoms with E-state index < -0.39 is 6.29 Å². The van der Waals surface area contributed by atoms with Gasteiger partial charge in [0.25, 0.3) is 6.29 Å². The van der Waals surface area contributed by atoms with Crippen LogP contribution < -0.4 is 0 Å². The fourth-order valence-corrected chi connectivity index (χ4v) is 1.09. The van der Waals surface area contributed by atoms with E-state index in [0.717, 1.165) is 19.3 Å². The molecule has 0 aromatic heterocycles. The van der Waals surface area contributed by atoms with E-state index >= 15 is 0 Å². The standard InChI is InChI=1S/C8H13O3/c1-2-3-4-7-6-10-8(5-9)11-7/h7-8H,2-4,6H2,1H3. The summed E-state index contributed by atoms with van der Waals surface area (Å²) in [6, 6.07) is 0. The molecule has 1 rings (SSSR count). The van der Waals surface area contributed by atoms with E-state index in [1.165, 1.54) is 0 Å². The monoisotopic (exact) mass is 157 g/mol. The second-order valence-corrected chi connectivity index (χ2v) is 2.68. The first-order chi connectivity index (χ1) is 5.36. The van der Waals surface area contributed by atoms with Crippen molar-refractivity contribution in [3.05, 3.63) is 0 Å². The number of carbonyl (C=O) groups excluding carboxylic acids is 1. The van der Waals surface area contributed by atoms with Crippen LogP contribution in [0.25, 0.3) is 0 Å². The summed E-state index contributed by atoms with van der Waals surface area (Å²) in [5.74, 6) is 0. The van der Waals surface area contributed by atoms with Crippen molar-refractivity contribution in [2.45, 2.75) is 38.6 Å². The Hall–Kier alpha value is -0.410. The Kier molecular flexibility index (Phi) is 3.52. The molecular weight excluding hydrogens is 144 g/mol. The summed E-state index contributed by atoms with van der Waals surface area (Å²) in [4.78, 5) is 10.1. The highest BCUT2D eigenvalue weighted by atomic mass is 16.7. The molecule has 0 amide bonds. The summed E-state index contributed by atoms with van der Waals surface area (Å²) < 4.78 is 10.1. The van der Waals surface area contributed by atoms with Crippen LogP contribution in [0.2, 0.25) is 0 Å². The summed E-state index contributed by atoms with van der Waals surface area (Å²) >= 11 is 0. The lowest BCUT2D eigenvalue weighted by molar-refractivity contribution is -0.00726. The lowest BCUT2D eigenvalue weighted by Gasteiger charge is -2.05. The molecule has 1 aliphatic rings. The smallest absolute Gasteiger partial charge is 0.259 e. The first-order valence-electron chi connectivity index (χ1n) is 4.01. The predicted octanol–water partition coefficient (Wildman–Crippen LogP) is 1.03. The minimum atomic E-state index is -0.725. The number of rotatable bonds is 4. The van der Waals surface area contributed by atoms with Crippen molar-refractivity contribution in [3.63, 3.8) is 0 Å². The van der Waals surface area contributed by atoms with Gasteiger partial charge in [0.05, 0.1) is 12.7 Å². The average Bonchev–Trinajstić information content (AvgIpc) is 2.48. The van der Waals surface area contributed by atoms with Gasteiger partial charge in [-0.25, -0.2) is 0 Å². The summed E-state index contributed by atoms with van der Waals surface area (Å²) in [6.07, 6.45) is 4.32. The maximum Gasteiger partial charge on any atom is 0.259 e. The minimum Gasteiger partial charge on any atom is -0.343 e. The molecule has 0 N–H and O–H groups in total. The number of hydrogen-bond donors (Lipinski definition) is 0. The molecule has 3 nitrogen and oxygen atoms in total. The third-order valence-electron chi connectivity index (χ3n) is 1.73. The van der Waals surface area contributed by atoms with E-state index in [1.807, 2.05) is 0 Å². The van der Waals surface area contributed by atoms with Crippen LogP contribution in [0.5, 0.6) is 0 Å². The molecule has 2 atom stereocenters. The molecule has 2 unspecified atom stereocenters. The normalized spacial score (nSPS) is 30.6. The van der Waals surface area contributed by atoms with Crippen molar-refractivity contribution in [1.29, 1.82) is 0 Å². The van der Waals surface area contributed by atoms with Crippen LogP contribution in [0.4, 0.5) is 0 Å². The van der Waals surface area contributed by atoms with Crippen LogP contribution in [0, 0.1) is 0 Å². The molecule has 0 spiro atoms. The first kappa shape index (κ1) is 8.68. The Labute approximate surface area is 66.7 Å². The van der Waals surface area contributed by atoms with E-state index in [2.05, 4.69) is 6.92 Å². The lowest BCUT2D eigenvalue weighted by Crippen LogP contribution is -2.12. The van der Waals surface area contributed by atoms with E-state index in [4.69, 9.17) is 9.47 Å². The third kappa shape index (κ3) is 2.60. The van der Waals surface area contributed by atoms with E-state index in [0.29, 0.717) is 6.61 Å². The molecule has 11 heavy (non-hydrogen) atoms. The topological polar surface area (TPSA) is 35.5 Å². The Balaban J connectivity index is 2.14. The highest BCUT2D eigenvalue weighted by Gasteiger charge is 2.25. The SMILES string of the molecule is CCCCC1COC([C]=O)O1. The van der Waals surface area contributed by atoms with E-state index in [1.54, 1.807) is 6.29 Å². The summed E-state index contributed by atoms with van der Waals surface area (Å²) in [6.45, 7) is 2.67. The van der Waals surface area contributed by atoms with Crippen molar-refractivity contribution in [2.24, 2.45) is 0 Å². The number of hydrogen-bond acceptors (Lipinski definition) is 3. The third-order valence-corrected chi connectivity index (χ3v) is 1.73. The largest absolute Gasteiger partial charge is 0.343 e. The fraction of sp³-hybridized carbons (Fsp3) is 0.875. The molecule has 3 heteroatoms. The predicted molar refractivity (Wildman–Crippen MR) is 39.8 cm³/mol. The van der Waals surface area contributed by atoms with Gasteiger partial charge in [-0.05, 0) is 6.42 Å². The Morgan fingerprint density at radius 1 is 1.64 bits per heavy atom. The zero-order chi connectivity index (χ0) is 8.10. The van der Waals surface area contributed by atoms with Gasteiger partial charge in [-0.3, -0.25) is 4.79 Å². The quantitative estimate of drug-likeness (QED) is 0.611. The molecule has 1 heterocycles. The van der Waals surface area contributed by atoms with Crippen LogP contribution in [0.3, 0.4) is 0 Å². The van der Waals surface area contributed by atoms with Gasteiger partial charge in [-0.15, -0.1) is 0 Å². The van der Waals surface area contributed by atoms with Crippen LogP contribution in [0.15, 0.2) is 0 Å². The van der Waals surface area contributed by atoms with Crippen molar-refractivity contribution >= 4 is 6.29 Å². The zero-order valence-corrected chi connectivity index (χ0v) is 6.71. The second kappa shape index (κ2) is 4.46. The second-order valence-electron chi connectivity index (χ2n) is 2.68. The maximum absolute atomic E-state index is 10.1. The van der Waals surface area contributed by atoms with Gasteiger partial charge in [0.1, 0.15) is 0 Å². The van der Waals surface area contributed by atoms with Gasteiger partial charge >= 0.3 is 0 Å². The van der Waals surface area contributed by atoms with Gasteiger partial charge < -0.3 is 9.47 Å². The van der Waals surface area contributed by atoms with Crippen LogP contribution in [-0.4, -0.2) is 25.3 Å². The first-order valence-corrected chi connectivity index (χ1v) is 4.01. The van der Waals surface area contributed by atoms with Crippen molar-refractivity contribution in [1.82, 2.24) is 0 Å². The van der Waals surface area contributed by atoms with Crippen LogP contribution in [0.1, 0.15) is 26.2 Å². The molecular formula is C8H13O3. The molecule has 0 aliphatic carbocycles. The van der Waals surface area contributed by atoms with Crippen molar-refractivity contribution in [2.75, 3.05) is 6.61 Å². The Bertz CT molecular complexity index is 125. The van der Waals surface area contributed by atoms with Gasteiger partial charge in [0, 0.05) is 0 Å². The lowest BCUT2D eigenvalue weighted by atomic mass is 10.2. The van der Waals surface area contributed by atoms with Crippen LogP contribution >= 0.6 is 0 Å². The van der Waals surface area contributed by atoms with Crippen molar-refractivity contribution in [3.8, 4) is 0 Å². The number of unbranched alkanes of at least 4 members (excludes halogenated alkanes) is 1. The molecule has 1 radical (unpaired) electrons. The summed E-state index contributed by atoms with van der Waals surface area (Å²) in [5, 5.41) is 0. The Morgan fingerprint density at radius 2 is 2.45 bits per heavy atom. The van der Waals surface area contributed by atoms with E-state index in [9.17, 15) is 4.79 Å². The molecule has 63 valence electrons. The number of ether oxygens (including phenoxy) is 2. The molecule has 0 aromatic carbocycles. The molecule has 1 saturated heterocycles. The fourth-order valence-electron chi connectivity index (χ4n) is 1.09. The molecule has 0 aromatic rings. The highest BCUT2D eigenvalue weighted by Crippen LogP contribution is 2.14. The van der Waals surface area contributed by atoms with Crippen molar-refractivity contribution < 1.29 is 14.3 Å². The van der Waals surface area contributed by atoms with Gasteiger partial charge in [0.15, 0.2) is 0 Å². The minimum absolute atomic E-state index is 0.112. The average molecular weight is 157 g/mol.